The Bertz CT molecular complexity index is 1110. The van der Waals surface area contributed by atoms with Gasteiger partial charge in [-0.3, -0.25) is 0 Å². The Balaban J connectivity index is 1.76. The van der Waals surface area contributed by atoms with Crippen molar-refractivity contribution in [1.82, 2.24) is 0 Å². The molecular weight excluding hydrogens is 516 g/mol. The van der Waals surface area contributed by atoms with Gasteiger partial charge in [-0.1, -0.05) is 124 Å². The molecule has 0 radical (unpaired) electrons. The Kier molecular flexibility index (Phi) is 12.8. The lowest BCUT2D eigenvalue weighted by molar-refractivity contribution is -0.134. The van der Waals surface area contributed by atoms with E-state index in [0.717, 1.165) is 16.7 Å². The number of hydrogen-bond acceptors (Lipinski definition) is 5. The van der Waals surface area contributed by atoms with Crippen LogP contribution >= 0.6 is 0 Å². The van der Waals surface area contributed by atoms with Gasteiger partial charge in [0.25, 0.3) is 0 Å². The molecule has 0 saturated heterocycles. The number of aliphatic hydroxyl groups excluding tert-OH is 1. The Morgan fingerprint density at radius 1 is 0.725 bits per heavy atom. The maximum absolute atomic E-state index is 11.3. The lowest BCUT2D eigenvalue weighted by atomic mass is 10.1. The molecule has 216 valence electrons. The van der Waals surface area contributed by atoms with Crippen molar-refractivity contribution in [1.29, 1.82) is 0 Å². The fraction of sp³-hybridized carbons (Fsp3) is 0.412. The highest BCUT2D eigenvalue weighted by molar-refractivity contribution is 6.74. The largest absolute Gasteiger partial charge is 0.413 e. The predicted molar refractivity (Wildman–Crippen MR) is 164 cm³/mol. The van der Waals surface area contributed by atoms with Crippen LogP contribution in [0.4, 0.5) is 0 Å². The third kappa shape index (κ3) is 10.8. The van der Waals surface area contributed by atoms with Gasteiger partial charge in [-0.25, -0.2) is 0 Å². The van der Waals surface area contributed by atoms with E-state index in [2.05, 4.69) is 33.9 Å². The minimum atomic E-state index is -1.90. The van der Waals surface area contributed by atoms with Gasteiger partial charge in [0.15, 0.2) is 8.32 Å². The van der Waals surface area contributed by atoms with Gasteiger partial charge < -0.3 is 23.7 Å². The molecule has 0 aromatic heterocycles. The molecule has 3 atom stereocenters. The van der Waals surface area contributed by atoms with Crippen LogP contribution in [0, 0.1) is 0 Å². The summed E-state index contributed by atoms with van der Waals surface area (Å²) in [5.74, 6) is 0. The van der Waals surface area contributed by atoms with E-state index in [-0.39, 0.29) is 11.6 Å². The molecule has 6 heteroatoms. The van der Waals surface area contributed by atoms with E-state index in [1.165, 1.54) is 0 Å². The Hall–Kier alpha value is -2.58. The molecule has 40 heavy (non-hydrogen) atoms. The lowest BCUT2D eigenvalue weighted by Gasteiger charge is -2.35. The highest BCUT2D eigenvalue weighted by Gasteiger charge is 2.37. The minimum Gasteiger partial charge on any atom is -0.413 e. The smallest absolute Gasteiger partial charge is 0.192 e. The molecule has 0 bridgehead atoms. The number of hydrogen-bond donors (Lipinski definition) is 1. The van der Waals surface area contributed by atoms with E-state index in [0.29, 0.717) is 26.4 Å². The van der Waals surface area contributed by atoms with E-state index in [4.69, 9.17) is 18.6 Å². The molecule has 0 amide bonds. The molecule has 0 aliphatic carbocycles. The Morgan fingerprint density at radius 2 is 1.20 bits per heavy atom. The fourth-order valence-corrected chi connectivity index (χ4v) is 4.79. The summed E-state index contributed by atoms with van der Waals surface area (Å²) in [6.45, 7) is 12.9. The Labute approximate surface area is 241 Å². The van der Waals surface area contributed by atoms with E-state index in [9.17, 15) is 5.11 Å². The van der Waals surface area contributed by atoms with Crippen molar-refractivity contribution in [2.24, 2.45) is 0 Å². The normalized spacial score (nSPS) is 14.8. The van der Waals surface area contributed by atoms with Gasteiger partial charge in [0.1, 0.15) is 18.3 Å². The van der Waals surface area contributed by atoms with Gasteiger partial charge in [0, 0.05) is 0 Å². The van der Waals surface area contributed by atoms with Crippen molar-refractivity contribution in [2.45, 2.75) is 77.0 Å². The van der Waals surface area contributed by atoms with Gasteiger partial charge in [-0.15, -0.1) is 0 Å². The summed E-state index contributed by atoms with van der Waals surface area (Å²) in [5.41, 5.74) is 3.13. The number of ether oxygens (including phenoxy) is 3. The van der Waals surface area contributed by atoms with Crippen LogP contribution in [0.25, 0.3) is 0 Å². The van der Waals surface area contributed by atoms with E-state index in [1.807, 2.05) is 103 Å². The first-order chi connectivity index (χ1) is 19.2. The van der Waals surface area contributed by atoms with Crippen LogP contribution in [0.15, 0.2) is 103 Å². The van der Waals surface area contributed by atoms with E-state index in [1.54, 1.807) is 0 Å². The SMILES string of the molecule is CC(C)(C)[Si](C)(C)OCC=C[C@@H](OCc1ccccc1)[C@H](OCc1ccccc1)[C@H](O)COCc1ccccc1. The van der Waals surface area contributed by atoms with Gasteiger partial charge >= 0.3 is 0 Å². The molecule has 3 aromatic carbocycles. The zero-order chi connectivity index (χ0) is 28.8. The van der Waals surface area contributed by atoms with Crippen molar-refractivity contribution in [2.75, 3.05) is 13.2 Å². The summed E-state index contributed by atoms with van der Waals surface area (Å²) in [6.07, 6.45) is 1.89. The highest BCUT2D eigenvalue weighted by atomic mass is 28.4. The van der Waals surface area contributed by atoms with Crippen molar-refractivity contribution in [3.63, 3.8) is 0 Å². The zero-order valence-electron chi connectivity index (χ0n) is 24.7. The molecule has 3 aromatic rings. The van der Waals surface area contributed by atoms with Crippen LogP contribution in [0.5, 0.6) is 0 Å². The highest BCUT2D eigenvalue weighted by Crippen LogP contribution is 2.36. The molecule has 0 heterocycles. The van der Waals surface area contributed by atoms with Gasteiger partial charge in [0.05, 0.1) is 33.0 Å². The first-order valence-corrected chi connectivity index (χ1v) is 17.0. The average molecular weight is 563 g/mol. The van der Waals surface area contributed by atoms with Crippen LogP contribution in [0.3, 0.4) is 0 Å². The van der Waals surface area contributed by atoms with E-state index >= 15 is 0 Å². The third-order valence-corrected chi connectivity index (χ3v) is 11.8. The summed E-state index contributed by atoms with van der Waals surface area (Å²) in [5, 5.41) is 11.5. The lowest BCUT2D eigenvalue weighted by Crippen LogP contribution is -2.43. The minimum absolute atomic E-state index is 0.119. The van der Waals surface area contributed by atoms with Gasteiger partial charge in [-0.05, 0) is 34.8 Å². The quantitative estimate of drug-likeness (QED) is 0.147. The van der Waals surface area contributed by atoms with Crippen LogP contribution in [-0.2, 0) is 38.5 Å². The van der Waals surface area contributed by atoms with Crippen LogP contribution in [-0.4, -0.2) is 44.9 Å². The molecule has 5 nitrogen and oxygen atoms in total. The molecule has 1 N–H and O–H groups in total. The van der Waals surface area contributed by atoms with Crippen LogP contribution < -0.4 is 0 Å². The molecule has 0 fully saturated rings. The standard InChI is InChI=1S/C34H46O5Si/c1-34(2,3)40(4,5)39-23-15-22-32(37-25-29-18-11-7-12-19-29)33(38-26-30-20-13-8-14-21-30)31(35)27-36-24-28-16-9-6-10-17-28/h6-22,31-33,35H,23-27H2,1-5H3/t31-,32-,33-/m1/s1. The molecule has 0 unspecified atom stereocenters. The second-order valence-corrected chi connectivity index (χ2v) is 16.4. The summed E-state index contributed by atoms with van der Waals surface area (Å²) in [7, 11) is -1.90. The second-order valence-electron chi connectivity index (χ2n) is 11.6. The first-order valence-electron chi connectivity index (χ1n) is 14.1. The van der Waals surface area contributed by atoms with Gasteiger partial charge in [-0.2, -0.15) is 0 Å². The molecule has 0 saturated carbocycles. The average Bonchev–Trinajstić information content (AvgIpc) is 2.94. The van der Waals surface area contributed by atoms with Crippen LogP contribution in [0.1, 0.15) is 37.5 Å². The maximum atomic E-state index is 11.3. The monoisotopic (exact) mass is 562 g/mol. The second kappa shape index (κ2) is 16.0. The fourth-order valence-electron chi connectivity index (χ4n) is 3.85. The van der Waals surface area contributed by atoms with Crippen molar-refractivity contribution in [3.8, 4) is 0 Å². The summed E-state index contributed by atoms with van der Waals surface area (Å²) in [4.78, 5) is 0. The van der Waals surface area contributed by atoms with Gasteiger partial charge in [0.2, 0.25) is 0 Å². The zero-order valence-corrected chi connectivity index (χ0v) is 25.7. The first kappa shape index (κ1) is 31.9. The molecule has 0 aliphatic rings. The molecule has 3 rings (SSSR count). The molecule has 0 aliphatic heterocycles. The topological polar surface area (TPSA) is 57.2 Å². The molecule has 0 spiro atoms. The molecular formula is C34H46O5Si. The van der Waals surface area contributed by atoms with E-state index < -0.39 is 26.6 Å². The summed E-state index contributed by atoms with van der Waals surface area (Å²) in [6, 6.07) is 29.9. The predicted octanol–water partition coefficient (Wildman–Crippen LogP) is 7.31. The Morgan fingerprint density at radius 3 is 1.70 bits per heavy atom. The summed E-state index contributed by atoms with van der Waals surface area (Å²) >= 11 is 0. The third-order valence-electron chi connectivity index (χ3n) is 7.35. The van der Waals surface area contributed by atoms with Crippen molar-refractivity contribution < 1.29 is 23.7 Å². The maximum Gasteiger partial charge on any atom is 0.192 e. The van der Waals surface area contributed by atoms with Crippen LogP contribution in [0.2, 0.25) is 18.1 Å². The van der Waals surface area contributed by atoms with Crippen molar-refractivity contribution in [3.05, 3.63) is 120 Å². The number of rotatable bonds is 16. The number of aliphatic hydroxyl groups is 1. The van der Waals surface area contributed by atoms with Crippen molar-refractivity contribution >= 4 is 8.32 Å². The summed E-state index contributed by atoms with van der Waals surface area (Å²) < 4.78 is 25.0. The number of benzene rings is 3.